The molecule has 3 atom stereocenters. The zero-order valence-corrected chi connectivity index (χ0v) is 14.5. The predicted molar refractivity (Wildman–Crippen MR) is 97.8 cm³/mol. The fraction of sp³-hybridized carbons (Fsp3) is 0.333. The maximum Gasteiger partial charge on any atom is 0.159 e. The van der Waals surface area contributed by atoms with Gasteiger partial charge in [0.25, 0.3) is 0 Å². The summed E-state index contributed by atoms with van der Waals surface area (Å²) in [6.07, 6.45) is 3.15. The topological polar surface area (TPSA) is 26.7 Å². The maximum absolute atomic E-state index is 13.9. The first-order valence-electron chi connectivity index (χ1n) is 8.93. The van der Waals surface area contributed by atoms with Gasteiger partial charge in [0.1, 0.15) is 11.8 Å². The lowest BCUT2D eigenvalue weighted by molar-refractivity contribution is 0.00251. The minimum absolute atomic E-state index is 0.310. The number of rotatable bonds is 4. The minimum atomic E-state index is -1.52. The van der Waals surface area contributed by atoms with Crippen LogP contribution in [0.15, 0.2) is 61.2 Å². The number of fused-ring (bicyclic) bond motifs is 1. The molecule has 26 heavy (non-hydrogen) atoms. The van der Waals surface area contributed by atoms with E-state index in [2.05, 4.69) is 16.4 Å². The highest BCUT2D eigenvalue weighted by Gasteiger charge is 2.52. The predicted octanol–water partition coefficient (Wildman–Crippen LogP) is 3.65. The summed E-state index contributed by atoms with van der Waals surface area (Å²) in [6, 6.07) is 13.8. The normalized spacial score (nSPS) is 25.1. The summed E-state index contributed by atoms with van der Waals surface area (Å²) in [5, 5.41) is 11.6. The molecule has 2 fully saturated rings. The van der Waals surface area contributed by atoms with Crippen molar-refractivity contribution in [1.82, 2.24) is 4.90 Å². The molecule has 4 rings (SSSR count). The Kier molecular flexibility index (Phi) is 4.29. The van der Waals surface area contributed by atoms with E-state index in [1.165, 1.54) is 12.1 Å². The summed E-state index contributed by atoms with van der Waals surface area (Å²) in [4.78, 5) is 4.41. The van der Waals surface area contributed by atoms with E-state index >= 15 is 0 Å². The van der Waals surface area contributed by atoms with Crippen molar-refractivity contribution in [2.24, 2.45) is 0 Å². The van der Waals surface area contributed by atoms with E-state index in [0.717, 1.165) is 43.8 Å². The fourth-order valence-electron chi connectivity index (χ4n) is 4.36. The van der Waals surface area contributed by atoms with E-state index in [9.17, 15) is 13.9 Å². The van der Waals surface area contributed by atoms with Crippen molar-refractivity contribution in [2.75, 3.05) is 18.0 Å². The second kappa shape index (κ2) is 6.49. The smallest absolute Gasteiger partial charge is 0.159 e. The first-order valence-corrected chi connectivity index (χ1v) is 8.93. The van der Waals surface area contributed by atoms with E-state index in [0.29, 0.717) is 11.6 Å². The minimum Gasteiger partial charge on any atom is -0.377 e. The zero-order valence-electron chi connectivity index (χ0n) is 14.5. The van der Waals surface area contributed by atoms with Crippen LogP contribution in [0.5, 0.6) is 0 Å². The summed E-state index contributed by atoms with van der Waals surface area (Å²) >= 11 is 0. The summed E-state index contributed by atoms with van der Waals surface area (Å²) < 4.78 is 27.3. The molecule has 1 N–H and O–H groups in total. The molecule has 0 bridgehead atoms. The lowest BCUT2D eigenvalue weighted by Gasteiger charge is -2.42. The number of aliphatic hydroxyl groups is 1. The van der Waals surface area contributed by atoms with Crippen LogP contribution in [0.2, 0.25) is 0 Å². The van der Waals surface area contributed by atoms with Crippen molar-refractivity contribution in [3.05, 3.63) is 78.4 Å². The van der Waals surface area contributed by atoms with Gasteiger partial charge in [0.15, 0.2) is 11.6 Å². The van der Waals surface area contributed by atoms with E-state index < -0.39 is 23.4 Å². The van der Waals surface area contributed by atoms with Gasteiger partial charge in [-0.25, -0.2) is 8.78 Å². The molecule has 2 aromatic rings. The Bertz CT molecular complexity index is 813. The molecule has 2 saturated heterocycles. The van der Waals surface area contributed by atoms with Gasteiger partial charge in [-0.3, -0.25) is 4.90 Å². The third kappa shape index (κ3) is 2.63. The molecule has 0 amide bonds. The summed E-state index contributed by atoms with van der Waals surface area (Å²) in [7, 11) is 0. The molecule has 136 valence electrons. The van der Waals surface area contributed by atoms with Crippen LogP contribution >= 0.6 is 0 Å². The van der Waals surface area contributed by atoms with Gasteiger partial charge in [-0.2, -0.15) is 0 Å². The van der Waals surface area contributed by atoms with Gasteiger partial charge in [-0.05, 0) is 42.7 Å². The van der Waals surface area contributed by atoms with Gasteiger partial charge in [-0.1, -0.05) is 36.9 Å². The van der Waals surface area contributed by atoms with Crippen LogP contribution in [0.4, 0.5) is 14.5 Å². The molecule has 2 aliphatic heterocycles. The largest absolute Gasteiger partial charge is 0.377 e. The Hall–Kier alpha value is -2.24. The molecule has 5 heteroatoms. The molecule has 0 radical (unpaired) electrons. The quantitative estimate of drug-likeness (QED) is 0.847. The molecule has 3 nitrogen and oxygen atoms in total. The first-order chi connectivity index (χ1) is 12.5. The van der Waals surface area contributed by atoms with E-state index in [-0.39, 0.29) is 0 Å². The SMILES string of the molecule is C=CC(O)(c1ccc(F)c(F)c1)C1N(c2ccccc2)CC2CCCN21. The number of halogens is 2. The second-order valence-corrected chi connectivity index (χ2v) is 7.05. The van der Waals surface area contributed by atoms with Gasteiger partial charge in [-0.15, -0.1) is 0 Å². The molecule has 0 aliphatic carbocycles. The molecular formula is C21H22F2N2O. The number of para-hydroxylation sites is 1. The number of hydrogen-bond acceptors (Lipinski definition) is 3. The van der Waals surface area contributed by atoms with E-state index in [1.54, 1.807) is 0 Å². The summed E-state index contributed by atoms with van der Waals surface area (Å²) in [5.41, 5.74) is -0.219. The first kappa shape index (κ1) is 17.2. The average molecular weight is 356 g/mol. The highest BCUT2D eigenvalue weighted by molar-refractivity contribution is 5.51. The highest BCUT2D eigenvalue weighted by atomic mass is 19.2. The third-order valence-corrected chi connectivity index (χ3v) is 5.61. The van der Waals surface area contributed by atoms with Gasteiger partial charge < -0.3 is 10.0 Å². The standard InChI is InChI=1S/C21H22F2N2O/c1-2-21(26,15-10-11-18(22)19(23)13-15)20-24-12-6-9-17(24)14-25(20)16-7-4-3-5-8-16/h2-5,7-8,10-11,13,17,20,26H,1,6,9,12,14H2. The van der Waals surface area contributed by atoms with Crippen molar-refractivity contribution in [3.63, 3.8) is 0 Å². The van der Waals surface area contributed by atoms with Gasteiger partial charge >= 0.3 is 0 Å². The summed E-state index contributed by atoms with van der Waals surface area (Å²) in [6.45, 7) is 5.47. The third-order valence-electron chi connectivity index (χ3n) is 5.61. The molecule has 2 aromatic carbocycles. The van der Waals surface area contributed by atoms with Gasteiger partial charge in [0, 0.05) is 24.8 Å². The Morgan fingerprint density at radius 2 is 1.88 bits per heavy atom. The number of benzene rings is 2. The Labute approximate surface area is 152 Å². The highest BCUT2D eigenvalue weighted by Crippen LogP contribution is 2.42. The maximum atomic E-state index is 13.9. The van der Waals surface area contributed by atoms with Crippen molar-refractivity contribution < 1.29 is 13.9 Å². The van der Waals surface area contributed by atoms with Gasteiger partial charge in [0.2, 0.25) is 0 Å². The molecular weight excluding hydrogens is 334 g/mol. The Balaban J connectivity index is 1.81. The van der Waals surface area contributed by atoms with Crippen molar-refractivity contribution in [3.8, 4) is 0 Å². The number of anilines is 1. The number of nitrogens with zero attached hydrogens (tertiary/aromatic N) is 2. The monoisotopic (exact) mass is 356 g/mol. The average Bonchev–Trinajstić information content (AvgIpc) is 3.25. The molecule has 2 aliphatic rings. The van der Waals surface area contributed by atoms with Crippen LogP contribution in [-0.2, 0) is 5.60 Å². The Morgan fingerprint density at radius 3 is 2.58 bits per heavy atom. The van der Waals surface area contributed by atoms with Crippen LogP contribution in [0, 0.1) is 11.6 Å². The van der Waals surface area contributed by atoms with Gasteiger partial charge in [0.05, 0.1) is 0 Å². The zero-order chi connectivity index (χ0) is 18.3. The van der Waals surface area contributed by atoms with Crippen LogP contribution in [0.1, 0.15) is 18.4 Å². The lowest BCUT2D eigenvalue weighted by Crippen LogP contribution is -2.54. The van der Waals surface area contributed by atoms with E-state index in [4.69, 9.17) is 0 Å². The molecule has 0 saturated carbocycles. The van der Waals surface area contributed by atoms with Crippen LogP contribution in [0.25, 0.3) is 0 Å². The summed E-state index contributed by atoms with van der Waals surface area (Å²) in [5.74, 6) is -1.89. The molecule has 2 heterocycles. The second-order valence-electron chi connectivity index (χ2n) is 7.05. The van der Waals surface area contributed by atoms with Crippen LogP contribution < -0.4 is 4.90 Å². The van der Waals surface area contributed by atoms with Crippen molar-refractivity contribution in [2.45, 2.75) is 30.7 Å². The molecule has 3 unspecified atom stereocenters. The molecule has 0 spiro atoms. The molecule has 0 aromatic heterocycles. The Morgan fingerprint density at radius 1 is 1.12 bits per heavy atom. The van der Waals surface area contributed by atoms with Crippen LogP contribution in [0.3, 0.4) is 0 Å². The number of hydrogen-bond donors (Lipinski definition) is 1. The lowest BCUT2D eigenvalue weighted by atomic mass is 9.89. The fourth-order valence-corrected chi connectivity index (χ4v) is 4.36. The van der Waals surface area contributed by atoms with Crippen molar-refractivity contribution in [1.29, 1.82) is 0 Å². The van der Waals surface area contributed by atoms with Crippen LogP contribution in [-0.4, -0.2) is 35.3 Å². The van der Waals surface area contributed by atoms with E-state index in [1.807, 2.05) is 30.3 Å². The van der Waals surface area contributed by atoms with Crippen molar-refractivity contribution >= 4 is 5.69 Å².